The van der Waals surface area contributed by atoms with Gasteiger partial charge in [-0.05, 0) is 44.4 Å². The minimum absolute atomic E-state index is 0.278. The van der Waals surface area contributed by atoms with Gasteiger partial charge in [-0.3, -0.25) is 4.90 Å². The molecule has 3 N–H and O–H groups in total. The normalized spacial score (nSPS) is 22.8. The lowest BCUT2D eigenvalue weighted by molar-refractivity contribution is 0.215. The summed E-state index contributed by atoms with van der Waals surface area (Å²) in [5.41, 5.74) is 8.66. The molecule has 0 fully saturated rings. The van der Waals surface area contributed by atoms with E-state index in [0.717, 1.165) is 29.0 Å². The van der Waals surface area contributed by atoms with Gasteiger partial charge < -0.3 is 15.5 Å². The molecule has 106 valence electrons. The van der Waals surface area contributed by atoms with Crippen LogP contribution in [-0.4, -0.2) is 23.6 Å². The summed E-state index contributed by atoms with van der Waals surface area (Å²) < 4.78 is 6.06. The molecule has 2 aromatic rings. The molecule has 3 rings (SSSR count). The van der Waals surface area contributed by atoms with Gasteiger partial charge in [-0.25, -0.2) is 0 Å². The van der Waals surface area contributed by atoms with Crippen molar-refractivity contribution >= 4 is 34.0 Å². The lowest BCUT2D eigenvalue weighted by Crippen LogP contribution is -2.31. The quantitative estimate of drug-likeness (QED) is 0.790. The second kappa shape index (κ2) is 4.75. The van der Waals surface area contributed by atoms with Crippen LogP contribution in [0.2, 0.25) is 0 Å². The SMILES string of the molecule is CC1CN(C)C(C)c2c1oc1ccc(NC(N)=S)cc21. The monoisotopic (exact) mass is 289 g/mol. The van der Waals surface area contributed by atoms with Crippen LogP contribution in [0.4, 0.5) is 5.69 Å². The summed E-state index contributed by atoms with van der Waals surface area (Å²) in [5.74, 6) is 1.52. The van der Waals surface area contributed by atoms with Crippen molar-refractivity contribution in [3.8, 4) is 0 Å². The standard InChI is InChI=1S/C15H19N3OS/c1-8-7-18(3)9(2)13-11-6-10(17-15(16)20)4-5-12(11)19-14(8)13/h4-6,8-9H,7H2,1-3H3,(H3,16,17,20). The molecule has 0 amide bonds. The fourth-order valence-corrected chi connectivity index (χ4v) is 3.16. The number of fused-ring (bicyclic) bond motifs is 3. The molecule has 2 heterocycles. The largest absolute Gasteiger partial charge is 0.460 e. The van der Waals surface area contributed by atoms with E-state index in [1.807, 2.05) is 12.1 Å². The highest BCUT2D eigenvalue weighted by Crippen LogP contribution is 2.42. The molecule has 2 unspecified atom stereocenters. The summed E-state index contributed by atoms with van der Waals surface area (Å²) in [5, 5.41) is 4.41. The fourth-order valence-electron chi connectivity index (χ4n) is 3.05. The van der Waals surface area contributed by atoms with Gasteiger partial charge >= 0.3 is 0 Å². The summed E-state index contributed by atoms with van der Waals surface area (Å²) in [6, 6.07) is 6.34. The van der Waals surface area contributed by atoms with Gasteiger partial charge in [0.1, 0.15) is 11.3 Å². The first-order valence-electron chi connectivity index (χ1n) is 6.80. The predicted molar refractivity (Wildman–Crippen MR) is 86.1 cm³/mol. The Kier molecular flexibility index (Phi) is 3.18. The number of nitrogens with zero attached hydrogens (tertiary/aromatic N) is 1. The van der Waals surface area contributed by atoms with Crippen LogP contribution in [0.25, 0.3) is 11.0 Å². The number of hydrogen-bond donors (Lipinski definition) is 2. The highest BCUT2D eigenvalue weighted by Gasteiger charge is 2.31. The predicted octanol–water partition coefficient (Wildman–Crippen LogP) is 3.20. The molecular formula is C15H19N3OS. The lowest BCUT2D eigenvalue weighted by Gasteiger charge is -2.33. The van der Waals surface area contributed by atoms with Crippen LogP contribution in [-0.2, 0) is 0 Å². The second-order valence-corrected chi connectivity index (χ2v) is 6.04. The zero-order valence-electron chi connectivity index (χ0n) is 11.9. The number of benzene rings is 1. The van der Waals surface area contributed by atoms with E-state index in [0.29, 0.717) is 12.0 Å². The smallest absolute Gasteiger partial charge is 0.168 e. The molecule has 0 bridgehead atoms. The first-order chi connectivity index (χ1) is 9.47. The van der Waals surface area contributed by atoms with E-state index in [1.165, 1.54) is 5.56 Å². The molecule has 1 aromatic carbocycles. The third-order valence-electron chi connectivity index (χ3n) is 4.11. The van der Waals surface area contributed by atoms with E-state index in [-0.39, 0.29) is 5.11 Å². The first kappa shape index (κ1) is 13.4. The van der Waals surface area contributed by atoms with Crippen molar-refractivity contribution < 1.29 is 4.42 Å². The van der Waals surface area contributed by atoms with Crippen LogP contribution in [0, 0.1) is 0 Å². The van der Waals surface area contributed by atoms with Gasteiger partial charge in [0, 0.05) is 35.1 Å². The Balaban J connectivity index is 2.17. The Labute approximate surface area is 123 Å². The van der Waals surface area contributed by atoms with Crippen LogP contribution < -0.4 is 11.1 Å². The Hall–Kier alpha value is -1.59. The average Bonchev–Trinajstić information content (AvgIpc) is 2.74. The molecular weight excluding hydrogens is 270 g/mol. The van der Waals surface area contributed by atoms with E-state index >= 15 is 0 Å². The molecule has 1 aliphatic rings. The molecule has 0 saturated carbocycles. The number of thiocarbonyl (C=S) groups is 1. The fraction of sp³-hybridized carbons (Fsp3) is 0.400. The van der Waals surface area contributed by atoms with Crippen molar-refractivity contribution in [2.75, 3.05) is 18.9 Å². The van der Waals surface area contributed by atoms with Crippen molar-refractivity contribution in [1.82, 2.24) is 4.90 Å². The third kappa shape index (κ3) is 2.07. The summed E-state index contributed by atoms with van der Waals surface area (Å²) >= 11 is 4.90. The van der Waals surface area contributed by atoms with E-state index in [4.69, 9.17) is 22.4 Å². The highest BCUT2D eigenvalue weighted by molar-refractivity contribution is 7.80. The Morgan fingerprint density at radius 3 is 2.90 bits per heavy atom. The molecule has 2 atom stereocenters. The minimum atomic E-state index is 0.278. The summed E-state index contributed by atoms with van der Waals surface area (Å²) in [6.45, 7) is 5.44. The molecule has 4 nitrogen and oxygen atoms in total. The average molecular weight is 289 g/mol. The highest BCUT2D eigenvalue weighted by atomic mass is 32.1. The summed E-state index contributed by atoms with van der Waals surface area (Å²) in [6.07, 6.45) is 0. The van der Waals surface area contributed by atoms with Gasteiger partial charge in [-0.2, -0.15) is 0 Å². The van der Waals surface area contributed by atoms with E-state index in [9.17, 15) is 0 Å². The topological polar surface area (TPSA) is 54.4 Å². The maximum absolute atomic E-state index is 6.06. The molecule has 0 radical (unpaired) electrons. The second-order valence-electron chi connectivity index (χ2n) is 5.60. The van der Waals surface area contributed by atoms with Gasteiger partial charge in [-0.1, -0.05) is 6.92 Å². The van der Waals surface area contributed by atoms with Gasteiger partial charge in [0.15, 0.2) is 5.11 Å². The zero-order valence-corrected chi connectivity index (χ0v) is 12.8. The number of rotatable bonds is 1. The minimum Gasteiger partial charge on any atom is -0.460 e. The van der Waals surface area contributed by atoms with Crippen LogP contribution in [0.5, 0.6) is 0 Å². The molecule has 0 aliphatic carbocycles. The number of nitrogens with one attached hydrogen (secondary N) is 1. The lowest BCUT2D eigenvalue weighted by atomic mass is 9.92. The molecule has 0 spiro atoms. The Morgan fingerprint density at radius 1 is 1.45 bits per heavy atom. The van der Waals surface area contributed by atoms with Crippen LogP contribution >= 0.6 is 12.2 Å². The Morgan fingerprint density at radius 2 is 2.20 bits per heavy atom. The number of anilines is 1. The van der Waals surface area contributed by atoms with Crippen molar-refractivity contribution in [2.24, 2.45) is 5.73 Å². The van der Waals surface area contributed by atoms with E-state index in [2.05, 4.69) is 37.2 Å². The number of hydrogen-bond acceptors (Lipinski definition) is 3. The van der Waals surface area contributed by atoms with Crippen molar-refractivity contribution in [1.29, 1.82) is 0 Å². The van der Waals surface area contributed by atoms with Gasteiger partial charge in [0.25, 0.3) is 0 Å². The number of nitrogens with two attached hydrogens (primary N) is 1. The van der Waals surface area contributed by atoms with Crippen molar-refractivity contribution in [3.05, 3.63) is 29.5 Å². The third-order valence-corrected chi connectivity index (χ3v) is 4.21. The first-order valence-corrected chi connectivity index (χ1v) is 7.21. The van der Waals surface area contributed by atoms with E-state index in [1.54, 1.807) is 0 Å². The Bertz CT molecular complexity index is 679. The van der Waals surface area contributed by atoms with Crippen LogP contribution in [0.15, 0.2) is 22.6 Å². The zero-order chi connectivity index (χ0) is 14.4. The number of likely N-dealkylation sites (N-methyl/N-ethyl adjacent to an activating group) is 1. The van der Waals surface area contributed by atoms with Gasteiger partial charge in [0.05, 0.1) is 0 Å². The van der Waals surface area contributed by atoms with Gasteiger partial charge in [0.2, 0.25) is 0 Å². The van der Waals surface area contributed by atoms with Crippen molar-refractivity contribution in [3.63, 3.8) is 0 Å². The molecule has 20 heavy (non-hydrogen) atoms. The summed E-state index contributed by atoms with van der Waals surface area (Å²) in [4.78, 5) is 2.36. The molecule has 1 aromatic heterocycles. The molecule has 5 heteroatoms. The molecule has 0 saturated heterocycles. The maximum Gasteiger partial charge on any atom is 0.168 e. The van der Waals surface area contributed by atoms with Crippen LogP contribution in [0.3, 0.4) is 0 Å². The van der Waals surface area contributed by atoms with Gasteiger partial charge in [-0.15, -0.1) is 0 Å². The van der Waals surface area contributed by atoms with Crippen molar-refractivity contribution in [2.45, 2.75) is 25.8 Å². The number of furan rings is 1. The van der Waals surface area contributed by atoms with Crippen LogP contribution in [0.1, 0.15) is 37.1 Å². The maximum atomic E-state index is 6.06. The summed E-state index contributed by atoms with van der Waals surface area (Å²) in [7, 11) is 2.15. The van der Waals surface area contributed by atoms with E-state index < -0.39 is 0 Å². The molecule has 1 aliphatic heterocycles.